The van der Waals surface area contributed by atoms with Gasteiger partial charge in [-0.25, -0.2) is 0 Å². The molecule has 42 heavy (non-hydrogen) atoms. The molecule has 0 spiro atoms. The molecule has 0 aromatic heterocycles. The van der Waals surface area contributed by atoms with Crippen molar-refractivity contribution in [1.82, 2.24) is 0 Å². The molecule has 0 atom stereocenters. The topological polar surface area (TPSA) is 52.6 Å². The van der Waals surface area contributed by atoms with Crippen LogP contribution in [0.3, 0.4) is 0 Å². The molecule has 0 saturated carbocycles. The standard InChI is InChI=1S/C36H30O4Si2/c1-41(27-15-7-3-8-16-27,28-17-9-4-10-18-28)39-33-25-26-34(36-32(38)24-23-31(37)35(33)36)40-42(2,29-19-11-5-12-20-29)30-21-13-6-14-22-30/h3-26H,1-2H3. The summed E-state index contributed by atoms with van der Waals surface area (Å²) >= 11 is 0. The second-order valence-electron chi connectivity index (χ2n) is 10.6. The van der Waals surface area contributed by atoms with Crippen molar-refractivity contribution < 1.29 is 18.4 Å². The van der Waals surface area contributed by atoms with Gasteiger partial charge in [-0.2, -0.15) is 0 Å². The molecule has 0 unspecified atom stereocenters. The first-order valence-electron chi connectivity index (χ1n) is 13.9. The van der Waals surface area contributed by atoms with Crippen molar-refractivity contribution in [2.75, 3.05) is 0 Å². The van der Waals surface area contributed by atoms with Gasteiger partial charge in [-0.05, 0) is 58.1 Å². The Labute approximate surface area is 248 Å². The van der Waals surface area contributed by atoms with Gasteiger partial charge in [0.1, 0.15) is 11.5 Å². The highest BCUT2D eigenvalue weighted by molar-refractivity contribution is 6.97. The molecule has 1 aliphatic rings. The van der Waals surface area contributed by atoms with Gasteiger partial charge in [-0.3, -0.25) is 9.59 Å². The van der Waals surface area contributed by atoms with Crippen LogP contribution in [0.15, 0.2) is 146 Å². The quantitative estimate of drug-likeness (QED) is 0.237. The Hall–Kier alpha value is -4.79. The molecular weight excluding hydrogens is 553 g/mol. The number of hydrogen-bond donors (Lipinski definition) is 0. The zero-order valence-electron chi connectivity index (χ0n) is 23.5. The Bertz CT molecular complexity index is 1560. The van der Waals surface area contributed by atoms with Crippen molar-refractivity contribution in [3.8, 4) is 11.5 Å². The second kappa shape index (κ2) is 11.2. The predicted molar refractivity (Wildman–Crippen MR) is 173 cm³/mol. The van der Waals surface area contributed by atoms with Crippen LogP contribution in [-0.2, 0) is 0 Å². The van der Waals surface area contributed by atoms with Gasteiger partial charge in [0, 0.05) is 0 Å². The molecule has 6 heteroatoms. The van der Waals surface area contributed by atoms with Gasteiger partial charge in [-0.1, -0.05) is 121 Å². The summed E-state index contributed by atoms with van der Waals surface area (Å²) in [5, 5.41) is 4.24. The highest BCUT2D eigenvalue weighted by atomic mass is 28.4. The van der Waals surface area contributed by atoms with E-state index in [2.05, 4.69) is 61.6 Å². The van der Waals surface area contributed by atoms with E-state index in [1.165, 1.54) is 12.2 Å². The van der Waals surface area contributed by atoms with Crippen molar-refractivity contribution in [2.45, 2.75) is 13.1 Å². The van der Waals surface area contributed by atoms with E-state index in [0.29, 0.717) is 11.5 Å². The van der Waals surface area contributed by atoms with E-state index in [1.54, 1.807) is 12.1 Å². The van der Waals surface area contributed by atoms with E-state index in [0.717, 1.165) is 20.7 Å². The monoisotopic (exact) mass is 582 g/mol. The molecule has 6 rings (SSSR count). The number of fused-ring (bicyclic) bond motifs is 1. The van der Waals surface area contributed by atoms with Crippen molar-refractivity contribution in [1.29, 1.82) is 0 Å². The molecule has 0 fully saturated rings. The average Bonchev–Trinajstić information content (AvgIpc) is 3.05. The fraction of sp³-hybridized carbons (Fsp3) is 0.0556. The van der Waals surface area contributed by atoms with Gasteiger partial charge in [-0.15, -0.1) is 0 Å². The summed E-state index contributed by atoms with van der Waals surface area (Å²) in [6.45, 7) is 4.24. The Kier molecular flexibility index (Phi) is 7.33. The van der Waals surface area contributed by atoms with Crippen LogP contribution in [0.25, 0.3) is 0 Å². The highest BCUT2D eigenvalue weighted by Crippen LogP contribution is 2.36. The minimum atomic E-state index is -2.84. The lowest BCUT2D eigenvalue weighted by atomic mass is 9.93. The maximum Gasteiger partial charge on any atom is 0.311 e. The summed E-state index contributed by atoms with van der Waals surface area (Å²) in [5.41, 5.74) is 0.506. The predicted octanol–water partition coefficient (Wildman–Crippen LogP) is 5.16. The van der Waals surface area contributed by atoms with Crippen LogP contribution in [0.2, 0.25) is 13.1 Å². The number of rotatable bonds is 8. The van der Waals surface area contributed by atoms with Crippen LogP contribution in [0.4, 0.5) is 0 Å². The van der Waals surface area contributed by atoms with Gasteiger partial charge in [0.2, 0.25) is 0 Å². The zero-order chi connectivity index (χ0) is 29.2. The van der Waals surface area contributed by atoms with E-state index in [9.17, 15) is 9.59 Å². The molecule has 0 radical (unpaired) electrons. The van der Waals surface area contributed by atoms with Crippen LogP contribution in [0.1, 0.15) is 20.7 Å². The van der Waals surface area contributed by atoms with Gasteiger partial charge in [0.05, 0.1) is 11.1 Å². The molecule has 0 bridgehead atoms. The molecule has 1 aliphatic carbocycles. The first-order valence-corrected chi connectivity index (χ1v) is 18.8. The lowest BCUT2D eigenvalue weighted by molar-refractivity contribution is 0.0991. The number of benzene rings is 5. The fourth-order valence-electron chi connectivity index (χ4n) is 5.58. The number of allylic oxidation sites excluding steroid dienone is 2. The van der Waals surface area contributed by atoms with Crippen LogP contribution in [-0.4, -0.2) is 28.2 Å². The number of carbonyl (C=O) groups excluding carboxylic acids is 2. The average molecular weight is 583 g/mol. The fourth-order valence-corrected chi connectivity index (χ4v) is 11.2. The molecule has 206 valence electrons. The van der Waals surface area contributed by atoms with Gasteiger partial charge in [0.15, 0.2) is 11.6 Å². The summed E-state index contributed by atoms with van der Waals surface area (Å²) in [5.74, 6) is 0.241. The Morgan fingerprint density at radius 2 is 0.667 bits per heavy atom. The van der Waals surface area contributed by atoms with Crippen molar-refractivity contribution >= 4 is 48.9 Å². The third kappa shape index (κ3) is 4.95. The summed E-state index contributed by atoms with van der Waals surface area (Å²) in [4.78, 5) is 27.0. The van der Waals surface area contributed by atoms with Crippen LogP contribution in [0, 0.1) is 0 Å². The maximum absolute atomic E-state index is 13.5. The third-order valence-corrected chi connectivity index (χ3v) is 14.9. The minimum Gasteiger partial charge on any atom is -0.534 e. The molecule has 5 aromatic carbocycles. The summed E-state index contributed by atoms with van der Waals surface area (Å²) in [6.07, 6.45) is 2.66. The Balaban J connectivity index is 1.50. The lowest BCUT2D eigenvalue weighted by Crippen LogP contribution is -2.61. The number of hydrogen-bond acceptors (Lipinski definition) is 4. The number of carbonyl (C=O) groups is 2. The molecule has 0 aliphatic heterocycles. The van der Waals surface area contributed by atoms with E-state index in [1.807, 2.05) is 72.8 Å². The normalized spacial score (nSPS) is 13.0. The van der Waals surface area contributed by atoms with Crippen LogP contribution < -0.4 is 29.6 Å². The molecule has 4 nitrogen and oxygen atoms in total. The van der Waals surface area contributed by atoms with Gasteiger partial charge >= 0.3 is 16.6 Å². The Morgan fingerprint density at radius 1 is 0.405 bits per heavy atom. The molecule has 0 N–H and O–H groups in total. The van der Waals surface area contributed by atoms with Crippen LogP contribution >= 0.6 is 0 Å². The van der Waals surface area contributed by atoms with E-state index in [-0.39, 0.29) is 22.7 Å². The maximum atomic E-state index is 13.5. The smallest absolute Gasteiger partial charge is 0.311 e. The molecule has 0 saturated heterocycles. The molecular formula is C36H30O4Si2. The van der Waals surface area contributed by atoms with Crippen molar-refractivity contribution in [3.63, 3.8) is 0 Å². The summed E-state index contributed by atoms with van der Waals surface area (Å²) < 4.78 is 13.9. The van der Waals surface area contributed by atoms with Crippen LogP contribution in [0.5, 0.6) is 11.5 Å². The first-order chi connectivity index (χ1) is 20.4. The molecule has 0 amide bonds. The van der Waals surface area contributed by atoms with E-state index >= 15 is 0 Å². The molecule has 0 heterocycles. The SMILES string of the molecule is C[Si](Oc1ccc(O[Si](C)(c2ccccc2)c2ccccc2)c2c1C(=O)C=CC2=O)(c1ccccc1)c1ccccc1. The largest absolute Gasteiger partial charge is 0.534 e. The molecule has 5 aromatic rings. The highest BCUT2D eigenvalue weighted by Gasteiger charge is 2.41. The van der Waals surface area contributed by atoms with Crippen molar-refractivity contribution in [3.05, 3.63) is 157 Å². The van der Waals surface area contributed by atoms with Gasteiger partial charge < -0.3 is 8.85 Å². The zero-order valence-corrected chi connectivity index (χ0v) is 25.5. The lowest BCUT2D eigenvalue weighted by Gasteiger charge is -2.33. The van der Waals surface area contributed by atoms with E-state index in [4.69, 9.17) is 8.85 Å². The second-order valence-corrected chi connectivity index (χ2v) is 17.5. The van der Waals surface area contributed by atoms with Crippen molar-refractivity contribution in [2.24, 2.45) is 0 Å². The third-order valence-electron chi connectivity index (χ3n) is 7.93. The van der Waals surface area contributed by atoms with Gasteiger partial charge in [0.25, 0.3) is 0 Å². The van der Waals surface area contributed by atoms with E-state index < -0.39 is 16.6 Å². The minimum absolute atomic E-state index is 0.253. The summed E-state index contributed by atoms with van der Waals surface area (Å²) in [6, 6.07) is 44.0. The summed E-state index contributed by atoms with van der Waals surface area (Å²) in [7, 11) is -5.69. The first kappa shape index (κ1) is 27.4. The number of ketones is 2. The Morgan fingerprint density at radius 3 is 0.929 bits per heavy atom.